The molecule has 1 atom stereocenters. The Hall–Kier alpha value is -3.06. The largest absolute Gasteiger partial charge is 0.493 e. The molecular formula is C25H33NO6. The van der Waals surface area contributed by atoms with Gasteiger partial charge in [0.25, 0.3) is 0 Å². The standard InChI is InChI=1S/C25H33NO6/c1-6-30-22(23(27)28)17-19-10-12-21(13-11-19)31-15-14-18-8-7-9-20(16-18)26(5)24(29)32-25(2,3)4/h7-13,16,22H,6,14-15,17H2,1-5H3,(H,27,28). The summed E-state index contributed by atoms with van der Waals surface area (Å²) >= 11 is 0. The number of amides is 1. The highest BCUT2D eigenvalue weighted by Crippen LogP contribution is 2.19. The van der Waals surface area contributed by atoms with Crippen molar-refractivity contribution in [1.82, 2.24) is 0 Å². The number of benzene rings is 2. The molecule has 0 saturated carbocycles. The van der Waals surface area contributed by atoms with Gasteiger partial charge in [-0.1, -0.05) is 24.3 Å². The van der Waals surface area contributed by atoms with Gasteiger partial charge < -0.3 is 19.3 Å². The van der Waals surface area contributed by atoms with Crippen LogP contribution in [0.5, 0.6) is 5.75 Å². The predicted molar refractivity (Wildman–Crippen MR) is 123 cm³/mol. The number of rotatable bonds is 10. The summed E-state index contributed by atoms with van der Waals surface area (Å²) in [6.07, 6.45) is -0.275. The van der Waals surface area contributed by atoms with Crippen LogP contribution in [0.1, 0.15) is 38.8 Å². The van der Waals surface area contributed by atoms with E-state index in [0.29, 0.717) is 31.8 Å². The van der Waals surface area contributed by atoms with Crippen molar-refractivity contribution in [2.45, 2.75) is 52.2 Å². The van der Waals surface area contributed by atoms with Gasteiger partial charge in [-0.25, -0.2) is 9.59 Å². The van der Waals surface area contributed by atoms with Gasteiger partial charge in [-0.05, 0) is 63.1 Å². The lowest BCUT2D eigenvalue weighted by molar-refractivity contribution is -0.149. The molecule has 2 rings (SSSR count). The van der Waals surface area contributed by atoms with Crippen LogP contribution in [0.15, 0.2) is 48.5 Å². The van der Waals surface area contributed by atoms with Crippen molar-refractivity contribution in [3.05, 3.63) is 59.7 Å². The van der Waals surface area contributed by atoms with Gasteiger partial charge in [0.2, 0.25) is 0 Å². The smallest absolute Gasteiger partial charge is 0.414 e. The minimum absolute atomic E-state index is 0.307. The third-order valence-electron chi connectivity index (χ3n) is 4.61. The quantitative estimate of drug-likeness (QED) is 0.572. The summed E-state index contributed by atoms with van der Waals surface area (Å²) in [4.78, 5) is 25.0. The van der Waals surface area contributed by atoms with Crippen LogP contribution in [0.4, 0.5) is 10.5 Å². The highest BCUT2D eigenvalue weighted by molar-refractivity contribution is 5.87. The normalized spacial score (nSPS) is 12.2. The van der Waals surface area contributed by atoms with Gasteiger partial charge in [-0.15, -0.1) is 0 Å². The van der Waals surface area contributed by atoms with E-state index in [0.717, 1.165) is 16.8 Å². The molecule has 1 N–H and O–H groups in total. The van der Waals surface area contributed by atoms with E-state index in [1.165, 1.54) is 4.90 Å². The zero-order valence-corrected chi connectivity index (χ0v) is 19.5. The van der Waals surface area contributed by atoms with E-state index >= 15 is 0 Å². The van der Waals surface area contributed by atoms with Gasteiger partial charge in [-0.3, -0.25) is 4.90 Å². The molecule has 2 aromatic carbocycles. The maximum atomic E-state index is 12.3. The van der Waals surface area contributed by atoms with Gasteiger partial charge in [0.15, 0.2) is 6.10 Å². The molecule has 2 aromatic rings. The van der Waals surface area contributed by atoms with E-state index in [-0.39, 0.29) is 0 Å². The minimum atomic E-state index is -0.966. The predicted octanol–water partition coefficient (Wildman–Crippen LogP) is 4.71. The van der Waals surface area contributed by atoms with Crippen LogP contribution in [-0.2, 0) is 27.1 Å². The van der Waals surface area contributed by atoms with Crippen molar-refractivity contribution in [3.8, 4) is 5.75 Å². The van der Waals surface area contributed by atoms with E-state index < -0.39 is 23.8 Å². The number of carboxylic acids is 1. The lowest BCUT2D eigenvalue weighted by Gasteiger charge is -2.25. The average Bonchev–Trinajstić information content (AvgIpc) is 2.73. The number of anilines is 1. The number of hydrogen-bond donors (Lipinski definition) is 1. The summed E-state index contributed by atoms with van der Waals surface area (Å²) in [5, 5.41) is 9.20. The third-order valence-corrected chi connectivity index (χ3v) is 4.61. The Morgan fingerprint density at radius 3 is 2.34 bits per heavy atom. The number of ether oxygens (including phenoxy) is 3. The molecule has 0 heterocycles. The first kappa shape index (κ1) is 25.2. The molecule has 0 aliphatic heterocycles. The van der Waals surface area contributed by atoms with Crippen LogP contribution in [0.25, 0.3) is 0 Å². The van der Waals surface area contributed by atoms with Crippen LogP contribution in [0.2, 0.25) is 0 Å². The summed E-state index contributed by atoms with van der Waals surface area (Å²) in [5.41, 5.74) is 2.11. The van der Waals surface area contributed by atoms with Gasteiger partial charge in [-0.2, -0.15) is 0 Å². The van der Waals surface area contributed by atoms with Gasteiger partial charge in [0.05, 0.1) is 6.61 Å². The second kappa shape index (κ2) is 11.5. The molecule has 0 bridgehead atoms. The Balaban J connectivity index is 1.89. The molecule has 1 amide bonds. The van der Waals surface area contributed by atoms with E-state index in [2.05, 4.69) is 0 Å². The maximum absolute atomic E-state index is 12.3. The highest BCUT2D eigenvalue weighted by atomic mass is 16.6. The first-order valence-electron chi connectivity index (χ1n) is 10.7. The molecule has 0 saturated heterocycles. The molecule has 7 nitrogen and oxygen atoms in total. The minimum Gasteiger partial charge on any atom is -0.493 e. The van der Waals surface area contributed by atoms with Gasteiger partial charge in [0, 0.05) is 32.2 Å². The number of carbonyl (C=O) groups excluding carboxylic acids is 1. The summed E-state index contributed by atoms with van der Waals surface area (Å²) in [6, 6.07) is 15.0. The molecule has 0 fully saturated rings. The zero-order valence-electron chi connectivity index (χ0n) is 19.5. The molecule has 7 heteroatoms. The highest BCUT2D eigenvalue weighted by Gasteiger charge is 2.21. The molecule has 174 valence electrons. The fourth-order valence-electron chi connectivity index (χ4n) is 3.00. The molecule has 0 aromatic heterocycles. The van der Waals surface area contributed by atoms with Crippen molar-refractivity contribution in [2.24, 2.45) is 0 Å². The fraction of sp³-hybridized carbons (Fsp3) is 0.440. The maximum Gasteiger partial charge on any atom is 0.414 e. The van der Waals surface area contributed by atoms with Crippen LogP contribution in [-0.4, -0.2) is 49.1 Å². The van der Waals surface area contributed by atoms with E-state index in [1.54, 1.807) is 14.0 Å². The van der Waals surface area contributed by atoms with Crippen molar-refractivity contribution in [1.29, 1.82) is 0 Å². The Bertz CT molecular complexity index is 888. The molecule has 0 spiro atoms. The number of nitrogens with zero attached hydrogens (tertiary/aromatic N) is 1. The Labute approximate surface area is 189 Å². The Morgan fingerprint density at radius 2 is 1.75 bits per heavy atom. The number of carboxylic acid groups (broad SMARTS) is 1. The van der Waals surface area contributed by atoms with Crippen molar-refractivity contribution >= 4 is 17.7 Å². The molecule has 0 aliphatic carbocycles. The molecule has 0 aliphatic rings. The van der Waals surface area contributed by atoms with Gasteiger partial charge in [0.1, 0.15) is 11.4 Å². The summed E-state index contributed by atoms with van der Waals surface area (Å²) in [6.45, 7) is 8.11. The second-order valence-corrected chi connectivity index (χ2v) is 8.44. The topological polar surface area (TPSA) is 85.3 Å². The van der Waals surface area contributed by atoms with E-state index in [1.807, 2.05) is 69.3 Å². The van der Waals surface area contributed by atoms with Crippen LogP contribution in [0, 0.1) is 0 Å². The molecule has 0 radical (unpaired) electrons. The Morgan fingerprint density at radius 1 is 1.06 bits per heavy atom. The van der Waals surface area contributed by atoms with E-state index in [4.69, 9.17) is 14.2 Å². The monoisotopic (exact) mass is 443 g/mol. The summed E-state index contributed by atoms with van der Waals surface area (Å²) < 4.78 is 16.5. The summed E-state index contributed by atoms with van der Waals surface area (Å²) in [7, 11) is 1.69. The first-order chi connectivity index (χ1) is 15.1. The van der Waals surface area contributed by atoms with Crippen LogP contribution >= 0.6 is 0 Å². The fourth-order valence-corrected chi connectivity index (χ4v) is 3.00. The lowest BCUT2D eigenvalue weighted by atomic mass is 10.1. The lowest BCUT2D eigenvalue weighted by Crippen LogP contribution is -2.34. The SMILES string of the molecule is CCOC(Cc1ccc(OCCc2cccc(N(C)C(=O)OC(C)(C)C)c2)cc1)C(=O)O. The molecule has 32 heavy (non-hydrogen) atoms. The van der Waals surface area contributed by atoms with Crippen molar-refractivity contribution < 1.29 is 28.9 Å². The van der Waals surface area contributed by atoms with Crippen molar-refractivity contribution in [2.75, 3.05) is 25.2 Å². The first-order valence-corrected chi connectivity index (χ1v) is 10.7. The van der Waals surface area contributed by atoms with Crippen LogP contribution in [0.3, 0.4) is 0 Å². The molecular weight excluding hydrogens is 410 g/mol. The average molecular weight is 444 g/mol. The number of hydrogen-bond acceptors (Lipinski definition) is 5. The zero-order chi connectivity index (χ0) is 23.7. The van der Waals surface area contributed by atoms with Crippen LogP contribution < -0.4 is 9.64 Å². The molecule has 1 unspecified atom stereocenters. The third kappa shape index (κ3) is 8.23. The van der Waals surface area contributed by atoms with E-state index in [9.17, 15) is 14.7 Å². The number of carbonyl (C=O) groups is 2. The van der Waals surface area contributed by atoms with Crippen molar-refractivity contribution in [3.63, 3.8) is 0 Å². The summed E-state index contributed by atoms with van der Waals surface area (Å²) in [5.74, 6) is -0.259. The number of aliphatic carboxylic acids is 1. The van der Waals surface area contributed by atoms with Gasteiger partial charge >= 0.3 is 12.1 Å². The Kier molecular flexibility index (Phi) is 9.08. The second-order valence-electron chi connectivity index (χ2n) is 8.44.